The summed E-state index contributed by atoms with van der Waals surface area (Å²) in [6.07, 6.45) is 2.77. The maximum Gasteiger partial charge on any atom is 0.0367 e. The molecule has 2 saturated heterocycles. The number of hydrogen-bond donors (Lipinski definition) is 0. The molecular formula is C13H17BrN2. The number of hydrogen-bond acceptors (Lipinski definition) is 2. The summed E-state index contributed by atoms with van der Waals surface area (Å²) in [5, 5.41) is 0. The predicted molar refractivity (Wildman–Crippen MR) is 71.0 cm³/mol. The van der Waals surface area contributed by atoms with Crippen molar-refractivity contribution in [2.75, 3.05) is 31.1 Å². The van der Waals surface area contributed by atoms with Crippen LogP contribution in [-0.2, 0) is 0 Å². The Morgan fingerprint density at radius 2 is 1.88 bits per heavy atom. The average Bonchev–Trinajstić information content (AvgIpc) is 2.77. The van der Waals surface area contributed by atoms with Crippen molar-refractivity contribution in [1.82, 2.24) is 4.90 Å². The minimum Gasteiger partial charge on any atom is -0.369 e. The first-order chi connectivity index (χ1) is 7.83. The molecule has 2 nitrogen and oxygen atoms in total. The van der Waals surface area contributed by atoms with Gasteiger partial charge in [-0.25, -0.2) is 0 Å². The molecule has 0 spiro atoms. The van der Waals surface area contributed by atoms with Crippen LogP contribution in [0.25, 0.3) is 0 Å². The van der Waals surface area contributed by atoms with Crippen LogP contribution in [0, 0.1) is 0 Å². The largest absolute Gasteiger partial charge is 0.369 e. The third kappa shape index (κ3) is 1.98. The van der Waals surface area contributed by atoms with E-state index < -0.39 is 0 Å². The first-order valence-electron chi connectivity index (χ1n) is 6.07. The Bertz CT molecular complexity index is 363. The van der Waals surface area contributed by atoms with E-state index in [0.717, 1.165) is 10.5 Å². The molecule has 0 radical (unpaired) electrons. The second-order valence-electron chi connectivity index (χ2n) is 4.75. The van der Waals surface area contributed by atoms with E-state index in [1.54, 1.807) is 0 Å². The molecule has 0 amide bonds. The van der Waals surface area contributed by atoms with Crippen LogP contribution in [0.5, 0.6) is 0 Å². The number of fused-ring (bicyclic) bond motifs is 1. The lowest BCUT2D eigenvalue weighted by Crippen LogP contribution is -2.50. The molecule has 3 heteroatoms. The van der Waals surface area contributed by atoms with Gasteiger partial charge in [0.25, 0.3) is 0 Å². The quantitative estimate of drug-likeness (QED) is 0.781. The van der Waals surface area contributed by atoms with Gasteiger partial charge in [-0.15, -0.1) is 0 Å². The van der Waals surface area contributed by atoms with Gasteiger partial charge in [-0.3, -0.25) is 4.90 Å². The van der Waals surface area contributed by atoms with Gasteiger partial charge in [0.05, 0.1) is 0 Å². The van der Waals surface area contributed by atoms with Crippen LogP contribution >= 0.6 is 15.9 Å². The smallest absolute Gasteiger partial charge is 0.0367 e. The van der Waals surface area contributed by atoms with Gasteiger partial charge < -0.3 is 4.90 Å². The van der Waals surface area contributed by atoms with Gasteiger partial charge in [-0.05, 0) is 43.7 Å². The van der Waals surface area contributed by atoms with Crippen LogP contribution in [0.1, 0.15) is 12.8 Å². The Balaban J connectivity index is 1.74. The number of nitrogens with zero attached hydrogens (tertiary/aromatic N) is 2. The van der Waals surface area contributed by atoms with Crippen LogP contribution in [0.15, 0.2) is 28.7 Å². The standard InChI is InChI=1S/C13H17BrN2/c14-11-3-5-12(6-4-11)16-9-8-15-7-1-2-13(15)10-16/h3-6,13H,1-2,7-10H2. The lowest BCUT2D eigenvalue weighted by Gasteiger charge is -2.38. The molecule has 0 bridgehead atoms. The maximum absolute atomic E-state index is 3.49. The lowest BCUT2D eigenvalue weighted by molar-refractivity contribution is 0.231. The summed E-state index contributed by atoms with van der Waals surface area (Å²) >= 11 is 3.49. The number of benzene rings is 1. The third-order valence-corrected chi connectivity index (χ3v) is 4.31. The van der Waals surface area contributed by atoms with Crippen molar-refractivity contribution in [3.63, 3.8) is 0 Å². The SMILES string of the molecule is Brc1ccc(N2CCN3CCCC3C2)cc1. The summed E-state index contributed by atoms with van der Waals surface area (Å²) in [4.78, 5) is 5.17. The second-order valence-corrected chi connectivity index (χ2v) is 5.67. The van der Waals surface area contributed by atoms with E-state index in [1.807, 2.05) is 0 Å². The van der Waals surface area contributed by atoms with Gasteiger partial charge >= 0.3 is 0 Å². The Morgan fingerprint density at radius 3 is 2.69 bits per heavy atom. The van der Waals surface area contributed by atoms with E-state index in [1.165, 1.54) is 44.7 Å². The van der Waals surface area contributed by atoms with Gasteiger partial charge in [0.2, 0.25) is 0 Å². The van der Waals surface area contributed by atoms with E-state index in [-0.39, 0.29) is 0 Å². The van der Waals surface area contributed by atoms with Crippen LogP contribution in [-0.4, -0.2) is 37.1 Å². The molecule has 2 aliphatic heterocycles. The molecule has 1 unspecified atom stereocenters. The fourth-order valence-electron chi connectivity index (χ4n) is 2.88. The first kappa shape index (κ1) is 10.6. The highest BCUT2D eigenvalue weighted by molar-refractivity contribution is 9.10. The van der Waals surface area contributed by atoms with Gasteiger partial charge in [0.15, 0.2) is 0 Å². The molecule has 3 rings (SSSR count). The molecule has 0 aromatic heterocycles. The molecule has 2 heterocycles. The number of piperazine rings is 1. The molecule has 1 aromatic rings. The summed E-state index contributed by atoms with van der Waals surface area (Å²) < 4.78 is 1.16. The predicted octanol–water partition coefficient (Wildman–Crippen LogP) is 2.73. The fourth-order valence-corrected chi connectivity index (χ4v) is 3.14. The molecule has 16 heavy (non-hydrogen) atoms. The molecular weight excluding hydrogens is 264 g/mol. The minimum atomic E-state index is 0.803. The highest BCUT2D eigenvalue weighted by atomic mass is 79.9. The highest BCUT2D eigenvalue weighted by Gasteiger charge is 2.30. The van der Waals surface area contributed by atoms with E-state index >= 15 is 0 Å². The van der Waals surface area contributed by atoms with Gasteiger partial charge in [-0.1, -0.05) is 15.9 Å². The van der Waals surface area contributed by atoms with Crippen LogP contribution in [0.3, 0.4) is 0 Å². The van der Waals surface area contributed by atoms with Crippen molar-refractivity contribution in [3.8, 4) is 0 Å². The summed E-state index contributed by atoms with van der Waals surface area (Å²) in [7, 11) is 0. The molecule has 2 aliphatic rings. The Morgan fingerprint density at radius 1 is 1.06 bits per heavy atom. The minimum absolute atomic E-state index is 0.803. The van der Waals surface area contributed by atoms with E-state index in [0.29, 0.717) is 0 Å². The first-order valence-corrected chi connectivity index (χ1v) is 6.87. The maximum atomic E-state index is 3.49. The fraction of sp³-hybridized carbons (Fsp3) is 0.538. The lowest BCUT2D eigenvalue weighted by atomic mass is 10.1. The van der Waals surface area contributed by atoms with Crippen molar-refractivity contribution in [2.45, 2.75) is 18.9 Å². The summed E-state index contributed by atoms with van der Waals surface area (Å²) in [6, 6.07) is 9.51. The average molecular weight is 281 g/mol. The molecule has 0 saturated carbocycles. The molecule has 2 fully saturated rings. The van der Waals surface area contributed by atoms with Gasteiger partial charge in [0, 0.05) is 35.8 Å². The Labute approximate surface area is 105 Å². The second kappa shape index (κ2) is 4.38. The van der Waals surface area contributed by atoms with Crippen LogP contribution in [0.4, 0.5) is 5.69 Å². The van der Waals surface area contributed by atoms with Crippen molar-refractivity contribution in [2.24, 2.45) is 0 Å². The van der Waals surface area contributed by atoms with Crippen LogP contribution in [0.2, 0.25) is 0 Å². The van der Waals surface area contributed by atoms with E-state index in [4.69, 9.17) is 0 Å². The number of anilines is 1. The zero-order valence-electron chi connectivity index (χ0n) is 9.40. The zero-order valence-corrected chi connectivity index (χ0v) is 11.0. The van der Waals surface area contributed by atoms with Crippen molar-refractivity contribution < 1.29 is 0 Å². The number of rotatable bonds is 1. The Hall–Kier alpha value is -0.540. The highest BCUT2D eigenvalue weighted by Crippen LogP contribution is 2.26. The monoisotopic (exact) mass is 280 g/mol. The normalized spacial score (nSPS) is 25.8. The number of halogens is 1. The zero-order chi connectivity index (χ0) is 11.0. The third-order valence-electron chi connectivity index (χ3n) is 3.78. The van der Waals surface area contributed by atoms with Crippen molar-refractivity contribution in [1.29, 1.82) is 0 Å². The molecule has 1 aromatic carbocycles. The van der Waals surface area contributed by atoms with Crippen molar-refractivity contribution >= 4 is 21.6 Å². The van der Waals surface area contributed by atoms with E-state index in [2.05, 4.69) is 50.0 Å². The van der Waals surface area contributed by atoms with Gasteiger partial charge in [0.1, 0.15) is 0 Å². The molecule has 0 aliphatic carbocycles. The molecule has 1 atom stereocenters. The van der Waals surface area contributed by atoms with Crippen molar-refractivity contribution in [3.05, 3.63) is 28.7 Å². The summed E-state index contributed by atoms with van der Waals surface area (Å²) in [5.74, 6) is 0. The van der Waals surface area contributed by atoms with E-state index in [9.17, 15) is 0 Å². The molecule has 86 valence electrons. The summed E-state index contributed by atoms with van der Waals surface area (Å²) in [5.41, 5.74) is 1.37. The Kier molecular flexibility index (Phi) is 2.90. The molecule has 0 N–H and O–H groups in total. The summed E-state index contributed by atoms with van der Waals surface area (Å²) in [6.45, 7) is 4.94. The van der Waals surface area contributed by atoms with Crippen LogP contribution < -0.4 is 4.90 Å². The topological polar surface area (TPSA) is 6.48 Å². The van der Waals surface area contributed by atoms with Gasteiger partial charge in [-0.2, -0.15) is 0 Å².